The van der Waals surface area contributed by atoms with E-state index in [4.69, 9.17) is 0 Å². The minimum Gasteiger partial charge on any atom is -0.232 e. The number of hydrogen-bond donors (Lipinski definition) is 0. The molecule has 72 valence electrons. The first-order valence-electron chi connectivity index (χ1n) is 4.60. The molecule has 0 radical (unpaired) electrons. The summed E-state index contributed by atoms with van der Waals surface area (Å²) in [4.78, 5) is 3.98. The molecule has 1 nitrogen and oxygen atoms in total. The van der Waals surface area contributed by atoms with E-state index in [1.165, 1.54) is 5.56 Å². The summed E-state index contributed by atoms with van der Waals surface area (Å²) in [6.45, 7) is 2.69. The molecule has 0 bridgehead atoms. The summed E-state index contributed by atoms with van der Waals surface area (Å²) >= 11 is 4.56. The number of nitrogens with zero attached hydrogens (tertiary/aromatic N) is 1. The molecule has 0 fully saturated rings. The molecule has 1 aromatic rings. The summed E-state index contributed by atoms with van der Waals surface area (Å²) in [6, 6.07) is 10.3. The molecule has 0 aliphatic carbocycles. The van der Waals surface area contributed by atoms with Gasteiger partial charge < -0.3 is 0 Å². The van der Waals surface area contributed by atoms with Crippen LogP contribution in [0.5, 0.6) is 0 Å². The highest BCUT2D eigenvalue weighted by Gasteiger charge is 2.05. The Bertz CT molecular complexity index is 337. The van der Waals surface area contributed by atoms with E-state index in [1.54, 1.807) is 0 Å². The van der Waals surface area contributed by atoms with Crippen LogP contribution in [-0.4, -0.2) is 11.7 Å². The van der Waals surface area contributed by atoms with E-state index < -0.39 is 0 Å². The molecule has 0 aromatic heterocycles. The first-order chi connectivity index (χ1) is 6.88. The molecule has 0 amide bonds. The fourth-order valence-electron chi connectivity index (χ4n) is 1.35. The van der Waals surface area contributed by atoms with Crippen LogP contribution in [-0.2, 0) is 0 Å². The standard InChI is InChI=1S/C12H13NS/c1-2-6-12(9-13-10-14)11-7-4-3-5-8-11/h2-8,12H,9H2,1H3. The zero-order chi connectivity index (χ0) is 10.2. The van der Waals surface area contributed by atoms with Gasteiger partial charge in [-0.3, -0.25) is 0 Å². The predicted molar refractivity (Wildman–Crippen MR) is 63.9 cm³/mol. The second kappa shape index (κ2) is 6.25. The zero-order valence-corrected chi connectivity index (χ0v) is 9.00. The van der Waals surface area contributed by atoms with Crippen LogP contribution in [0.15, 0.2) is 47.5 Å². The van der Waals surface area contributed by atoms with Gasteiger partial charge in [0.15, 0.2) is 0 Å². The van der Waals surface area contributed by atoms with E-state index in [0.717, 1.165) is 0 Å². The molecule has 0 heterocycles. The third-order valence-electron chi connectivity index (χ3n) is 2.01. The molecular formula is C12H13NS. The second-order valence-corrected chi connectivity index (χ2v) is 3.16. The normalized spacial score (nSPS) is 12.4. The number of hydrogen-bond acceptors (Lipinski definition) is 2. The molecule has 0 aliphatic heterocycles. The Kier molecular flexibility index (Phi) is 4.84. The lowest BCUT2D eigenvalue weighted by Crippen LogP contribution is -1.98. The summed E-state index contributed by atoms with van der Waals surface area (Å²) in [7, 11) is 0. The fourth-order valence-corrected chi connectivity index (χ4v) is 1.42. The zero-order valence-electron chi connectivity index (χ0n) is 8.18. The van der Waals surface area contributed by atoms with Crippen LogP contribution >= 0.6 is 12.2 Å². The maximum absolute atomic E-state index is 4.56. The Balaban J connectivity index is 2.82. The Hall–Kier alpha value is -1.24. The van der Waals surface area contributed by atoms with Crippen molar-refractivity contribution in [1.29, 1.82) is 0 Å². The van der Waals surface area contributed by atoms with E-state index in [0.29, 0.717) is 12.5 Å². The van der Waals surface area contributed by atoms with Gasteiger partial charge >= 0.3 is 0 Å². The van der Waals surface area contributed by atoms with Crippen molar-refractivity contribution in [3.05, 3.63) is 48.0 Å². The number of benzene rings is 1. The molecule has 1 aromatic carbocycles. The monoisotopic (exact) mass is 203 g/mol. The Morgan fingerprint density at radius 2 is 2.14 bits per heavy atom. The number of aliphatic imine (C=N–C) groups is 1. The van der Waals surface area contributed by atoms with Crippen LogP contribution in [0, 0.1) is 0 Å². The first-order valence-corrected chi connectivity index (χ1v) is 5.00. The van der Waals surface area contributed by atoms with Gasteiger partial charge in [-0.2, -0.15) is 0 Å². The van der Waals surface area contributed by atoms with Crippen molar-refractivity contribution in [3.63, 3.8) is 0 Å². The lowest BCUT2D eigenvalue weighted by Gasteiger charge is -2.08. The molecule has 2 heteroatoms. The van der Waals surface area contributed by atoms with E-state index in [2.05, 4.69) is 40.6 Å². The van der Waals surface area contributed by atoms with E-state index in [1.807, 2.05) is 31.2 Å². The average Bonchev–Trinajstić information content (AvgIpc) is 2.25. The molecule has 1 atom stereocenters. The van der Waals surface area contributed by atoms with Crippen molar-refractivity contribution >= 4 is 17.4 Å². The van der Waals surface area contributed by atoms with Gasteiger partial charge in [0, 0.05) is 5.92 Å². The van der Waals surface area contributed by atoms with E-state index >= 15 is 0 Å². The van der Waals surface area contributed by atoms with Crippen LogP contribution in [0.2, 0.25) is 0 Å². The number of allylic oxidation sites excluding steroid dienone is 1. The van der Waals surface area contributed by atoms with Crippen LogP contribution < -0.4 is 0 Å². The van der Waals surface area contributed by atoms with E-state index in [-0.39, 0.29) is 0 Å². The lowest BCUT2D eigenvalue weighted by atomic mass is 9.99. The molecule has 0 aliphatic rings. The predicted octanol–water partition coefficient (Wildman–Crippen LogP) is 3.45. The second-order valence-electron chi connectivity index (χ2n) is 2.97. The Morgan fingerprint density at radius 1 is 1.43 bits per heavy atom. The van der Waals surface area contributed by atoms with Gasteiger partial charge in [0.25, 0.3) is 0 Å². The molecule has 14 heavy (non-hydrogen) atoms. The van der Waals surface area contributed by atoms with Gasteiger partial charge in [-0.1, -0.05) is 42.5 Å². The van der Waals surface area contributed by atoms with Gasteiger partial charge in [-0.15, -0.1) is 0 Å². The third kappa shape index (κ3) is 3.25. The molecule has 1 unspecified atom stereocenters. The summed E-state index contributed by atoms with van der Waals surface area (Å²) < 4.78 is 0. The smallest absolute Gasteiger partial charge is 0.0596 e. The van der Waals surface area contributed by atoms with Gasteiger partial charge in [-0.05, 0) is 24.7 Å². The largest absolute Gasteiger partial charge is 0.232 e. The molecule has 0 N–H and O–H groups in total. The maximum Gasteiger partial charge on any atom is 0.0596 e. The highest BCUT2D eigenvalue weighted by atomic mass is 32.1. The first kappa shape index (κ1) is 10.8. The summed E-state index contributed by atoms with van der Waals surface area (Å²) in [5, 5.41) is 2.40. The molecule has 0 spiro atoms. The Morgan fingerprint density at radius 3 is 2.71 bits per heavy atom. The molecular weight excluding hydrogens is 190 g/mol. The van der Waals surface area contributed by atoms with Gasteiger partial charge in [0.1, 0.15) is 0 Å². The summed E-state index contributed by atoms with van der Waals surface area (Å²) in [6.07, 6.45) is 4.17. The summed E-state index contributed by atoms with van der Waals surface area (Å²) in [5.41, 5.74) is 1.26. The third-order valence-corrected chi connectivity index (χ3v) is 2.13. The maximum atomic E-state index is 4.56. The van der Waals surface area contributed by atoms with Crippen molar-refractivity contribution in [3.8, 4) is 0 Å². The van der Waals surface area contributed by atoms with Gasteiger partial charge in [0.05, 0.1) is 11.7 Å². The van der Waals surface area contributed by atoms with Crippen LogP contribution in [0.3, 0.4) is 0 Å². The van der Waals surface area contributed by atoms with Gasteiger partial charge in [-0.25, -0.2) is 4.99 Å². The highest BCUT2D eigenvalue weighted by molar-refractivity contribution is 7.78. The summed E-state index contributed by atoms with van der Waals surface area (Å²) in [5.74, 6) is 0.316. The lowest BCUT2D eigenvalue weighted by molar-refractivity contribution is 0.854. The van der Waals surface area contributed by atoms with Crippen molar-refractivity contribution in [2.24, 2.45) is 4.99 Å². The minimum atomic E-state index is 0.316. The quantitative estimate of drug-likeness (QED) is 0.415. The van der Waals surface area contributed by atoms with Crippen LogP contribution in [0.1, 0.15) is 18.4 Å². The van der Waals surface area contributed by atoms with Crippen molar-refractivity contribution in [2.45, 2.75) is 12.8 Å². The number of rotatable bonds is 4. The number of thiocarbonyl (C=S) groups is 1. The van der Waals surface area contributed by atoms with Crippen molar-refractivity contribution in [1.82, 2.24) is 0 Å². The molecule has 0 saturated carbocycles. The highest BCUT2D eigenvalue weighted by Crippen LogP contribution is 2.17. The average molecular weight is 203 g/mol. The van der Waals surface area contributed by atoms with Crippen molar-refractivity contribution in [2.75, 3.05) is 6.54 Å². The molecule has 0 saturated heterocycles. The van der Waals surface area contributed by atoms with Crippen molar-refractivity contribution < 1.29 is 0 Å². The number of isothiocyanates is 1. The topological polar surface area (TPSA) is 12.4 Å². The van der Waals surface area contributed by atoms with Crippen LogP contribution in [0.4, 0.5) is 0 Å². The SMILES string of the molecule is CC=CC(CN=C=S)c1ccccc1. The fraction of sp³-hybridized carbons (Fsp3) is 0.250. The van der Waals surface area contributed by atoms with Crippen LogP contribution in [0.25, 0.3) is 0 Å². The molecule has 1 rings (SSSR count). The van der Waals surface area contributed by atoms with Gasteiger partial charge in [0.2, 0.25) is 0 Å². The Labute approximate surface area is 90.2 Å². The van der Waals surface area contributed by atoms with E-state index in [9.17, 15) is 0 Å². The minimum absolute atomic E-state index is 0.316.